The molecule has 0 spiro atoms. The molecule has 0 bridgehead atoms. The number of nitrogens with zero attached hydrogens (tertiary/aromatic N) is 1. The van der Waals surface area contributed by atoms with Gasteiger partial charge in [-0.1, -0.05) is 28.0 Å². The van der Waals surface area contributed by atoms with Gasteiger partial charge in [0, 0.05) is 24.0 Å². The summed E-state index contributed by atoms with van der Waals surface area (Å²) in [7, 11) is 3.89. The lowest BCUT2D eigenvalue weighted by atomic mass is 10.1. The number of amides is 1. The molecule has 1 heterocycles. The predicted molar refractivity (Wildman–Crippen MR) is 72.9 cm³/mol. The van der Waals surface area contributed by atoms with E-state index in [4.69, 9.17) is 0 Å². The van der Waals surface area contributed by atoms with Crippen molar-refractivity contribution < 1.29 is 14.7 Å². The summed E-state index contributed by atoms with van der Waals surface area (Å²) in [5, 5.41) is 12.3. The molecule has 1 rings (SSSR count). The summed E-state index contributed by atoms with van der Waals surface area (Å²) in [6.45, 7) is 0.101. The second-order valence-electron chi connectivity index (χ2n) is 3.98. The Kier molecular flexibility index (Phi) is 7.99. The topological polar surface area (TPSA) is 81.5 Å². The molecule has 1 amide bonds. The summed E-state index contributed by atoms with van der Waals surface area (Å²) in [6, 6.07) is 0. The maximum Gasteiger partial charge on any atom is 0.294 e. The molecule has 1 atom stereocenters. The molecule has 0 aromatic rings. The van der Waals surface area contributed by atoms with E-state index in [1.54, 1.807) is 0 Å². The standard InChI is InChI=1S/C10H18N2O4S2/c13-10(11-6-7-16-12(14)15)4-2-1-3-9-5-8-17-18-9/h9H,1-8H2,(H,11,13). The third-order valence-corrected chi connectivity index (χ3v) is 5.53. The van der Waals surface area contributed by atoms with Gasteiger partial charge in [0.2, 0.25) is 5.91 Å². The number of carbonyl (C=O) groups is 1. The van der Waals surface area contributed by atoms with E-state index in [1.165, 1.54) is 18.6 Å². The average Bonchev–Trinajstić information content (AvgIpc) is 2.83. The van der Waals surface area contributed by atoms with Crippen LogP contribution in [-0.4, -0.2) is 35.1 Å². The number of nitrogens with one attached hydrogen (secondary N) is 1. The molecule has 1 aliphatic rings. The first kappa shape index (κ1) is 15.4. The molecule has 1 fully saturated rings. The maximum absolute atomic E-state index is 11.3. The van der Waals surface area contributed by atoms with E-state index in [1.807, 2.05) is 21.6 Å². The van der Waals surface area contributed by atoms with Crippen LogP contribution < -0.4 is 5.32 Å². The molecule has 0 aliphatic carbocycles. The fourth-order valence-corrected chi connectivity index (χ4v) is 4.65. The molecule has 1 N–H and O–H groups in total. The largest absolute Gasteiger partial charge is 0.354 e. The summed E-state index contributed by atoms with van der Waals surface area (Å²) >= 11 is 0. The van der Waals surface area contributed by atoms with Crippen molar-refractivity contribution in [3.8, 4) is 0 Å². The minimum atomic E-state index is -0.858. The SMILES string of the molecule is O=C(CCCCC1CCSS1)NCCO[N+](=O)[O-]. The Labute approximate surface area is 114 Å². The predicted octanol–water partition coefficient (Wildman–Crippen LogP) is 2.02. The zero-order valence-electron chi connectivity index (χ0n) is 10.1. The normalized spacial score (nSPS) is 18.6. The quantitative estimate of drug-likeness (QED) is 0.303. The van der Waals surface area contributed by atoms with Crippen LogP contribution in [0, 0.1) is 10.1 Å². The van der Waals surface area contributed by atoms with E-state index < -0.39 is 5.09 Å². The Morgan fingerprint density at radius 1 is 1.50 bits per heavy atom. The zero-order valence-corrected chi connectivity index (χ0v) is 11.8. The van der Waals surface area contributed by atoms with Crippen LogP contribution in [0.1, 0.15) is 32.1 Å². The minimum absolute atomic E-state index is 0.0598. The van der Waals surface area contributed by atoms with Gasteiger partial charge in [0.25, 0.3) is 5.09 Å². The molecule has 6 nitrogen and oxygen atoms in total. The molecule has 1 saturated heterocycles. The van der Waals surface area contributed by atoms with Gasteiger partial charge in [0.15, 0.2) is 0 Å². The van der Waals surface area contributed by atoms with Crippen molar-refractivity contribution >= 4 is 27.5 Å². The van der Waals surface area contributed by atoms with Gasteiger partial charge in [0.1, 0.15) is 6.61 Å². The summed E-state index contributed by atoms with van der Waals surface area (Å²) in [4.78, 5) is 25.3. The zero-order chi connectivity index (χ0) is 13.2. The Bertz CT molecular complexity index is 273. The van der Waals surface area contributed by atoms with Crippen LogP contribution >= 0.6 is 21.6 Å². The molecule has 18 heavy (non-hydrogen) atoms. The Hall–Kier alpha value is -0.630. The number of rotatable bonds is 9. The highest BCUT2D eigenvalue weighted by molar-refractivity contribution is 8.77. The highest BCUT2D eigenvalue weighted by Crippen LogP contribution is 2.39. The van der Waals surface area contributed by atoms with Gasteiger partial charge in [-0.05, 0) is 19.3 Å². The third kappa shape index (κ3) is 7.65. The lowest BCUT2D eigenvalue weighted by Crippen LogP contribution is -2.27. The van der Waals surface area contributed by atoms with Crippen LogP contribution in [0.25, 0.3) is 0 Å². The lowest BCUT2D eigenvalue weighted by Gasteiger charge is -2.07. The van der Waals surface area contributed by atoms with Crippen LogP contribution in [0.4, 0.5) is 0 Å². The molecule has 1 unspecified atom stereocenters. The second-order valence-corrected chi connectivity index (χ2v) is 6.77. The van der Waals surface area contributed by atoms with Crippen LogP contribution in [0.2, 0.25) is 0 Å². The van der Waals surface area contributed by atoms with E-state index in [2.05, 4.69) is 10.2 Å². The lowest BCUT2D eigenvalue weighted by molar-refractivity contribution is -0.757. The highest BCUT2D eigenvalue weighted by Gasteiger charge is 2.15. The van der Waals surface area contributed by atoms with Gasteiger partial charge < -0.3 is 10.2 Å². The first-order valence-electron chi connectivity index (χ1n) is 6.01. The molecule has 104 valence electrons. The highest BCUT2D eigenvalue weighted by atomic mass is 33.1. The van der Waals surface area contributed by atoms with Gasteiger partial charge >= 0.3 is 0 Å². The molecular weight excluding hydrogens is 276 g/mol. The molecule has 1 aliphatic heterocycles. The number of carbonyl (C=O) groups excluding carboxylic acids is 1. The molecule has 0 aromatic carbocycles. The first-order valence-corrected chi connectivity index (χ1v) is 8.39. The molecular formula is C10H18N2O4S2. The van der Waals surface area contributed by atoms with E-state index in [0.29, 0.717) is 6.42 Å². The molecule has 8 heteroatoms. The summed E-state index contributed by atoms with van der Waals surface area (Å²) in [5.74, 6) is 1.18. The molecule has 0 aromatic heterocycles. The number of hydrogen-bond donors (Lipinski definition) is 1. The van der Waals surface area contributed by atoms with Crippen molar-refractivity contribution in [2.24, 2.45) is 0 Å². The van der Waals surface area contributed by atoms with Gasteiger partial charge in [-0.2, -0.15) is 0 Å². The van der Waals surface area contributed by atoms with Crippen LogP contribution in [-0.2, 0) is 9.63 Å². The first-order chi connectivity index (χ1) is 8.68. The Balaban J connectivity index is 1.88. The fraction of sp³-hybridized carbons (Fsp3) is 0.900. The molecule has 0 saturated carbocycles. The molecule has 0 radical (unpaired) electrons. The van der Waals surface area contributed by atoms with Crippen molar-refractivity contribution in [2.75, 3.05) is 18.9 Å². The summed E-state index contributed by atoms with van der Waals surface area (Å²) < 4.78 is 0. The van der Waals surface area contributed by atoms with Gasteiger partial charge in [0.05, 0.1) is 0 Å². The van der Waals surface area contributed by atoms with Crippen molar-refractivity contribution in [1.82, 2.24) is 5.32 Å². The smallest absolute Gasteiger partial charge is 0.294 e. The number of hydrogen-bond acceptors (Lipinski definition) is 6. The van der Waals surface area contributed by atoms with E-state index >= 15 is 0 Å². The van der Waals surface area contributed by atoms with Crippen LogP contribution in [0.3, 0.4) is 0 Å². The van der Waals surface area contributed by atoms with Gasteiger partial charge in [-0.3, -0.25) is 4.79 Å². The van der Waals surface area contributed by atoms with Crippen molar-refractivity contribution in [3.05, 3.63) is 10.1 Å². The van der Waals surface area contributed by atoms with Crippen molar-refractivity contribution in [2.45, 2.75) is 37.4 Å². The monoisotopic (exact) mass is 294 g/mol. The second kappa shape index (κ2) is 9.32. The van der Waals surface area contributed by atoms with E-state index in [-0.39, 0.29) is 19.1 Å². The maximum atomic E-state index is 11.3. The van der Waals surface area contributed by atoms with Crippen molar-refractivity contribution in [3.63, 3.8) is 0 Å². The Morgan fingerprint density at radius 3 is 3.00 bits per heavy atom. The van der Waals surface area contributed by atoms with Gasteiger partial charge in [-0.25, -0.2) is 0 Å². The van der Waals surface area contributed by atoms with E-state index in [0.717, 1.165) is 18.1 Å². The van der Waals surface area contributed by atoms with E-state index in [9.17, 15) is 14.9 Å². The third-order valence-electron chi connectivity index (χ3n) is 2.53. The van der Waals surface area contributed by atoms with Crippen LogP contribution in [0.15, 0.2) is 0 Å². The summed E-state index contributed by atoms with van der Waals surface area (Å²) in [6.07, 6.45) is 4.89. The minimum Gasteiger partial charge on any atom is -0.354 e. The number of unbranched alkanes of at least 4 members (excludes halogenated alkanes) is 1. The van der Waals surface area contributed by atoms with Crippen molar-refractivity contribution in [1.29, 1.82) is 0 Å². The summed E-state index contributed by atoms with van der Waals surface area (Å²) in [5.41, 5.74) is 0. The van der Waals surface area contributed by atoms with Gasteiger partial charge in [-0.15, -0.1) is 10.1 Å². The average molecular weight is 294 g/mol. The van der Waals surface area contributed by atoms with Crippen LogP contribution in [0.5, 0.6) is 0 Å². The fourth-order valence-electron chi connectivity index (χ4n) is 1.62. The Morgan fingerprint density at radius 2 is 2.33 bits per heavy atom.